The van der Waals surface area contributed by atoms with Gasteiger partial charge in [0.1, 0.15) is 5.82 Å². The van der Waals surface area contributed by atoms with Crippen LogP contribution in [0.25, 0.3) is 11.4 Å². The lowest BCUT2D eigenvalue weighted by Gasteiger charge is -2.12. The van der Waals surface area contributed by atoms with E-state index < -0.39 is 0 Å². The summed E-state index contributed by atoms with van der Waals surface area (Å²) in [7, 11) is 0. The Bertz CT molecular complexity index is 614. The van der Waals surface area contributed by atoms with Crippen molar-refractivity contribution in [2.24, 2.45) is 0 Å². The highest BCUT2D eigenvalue weighted by molar-refractivity contribution is 9.10. The molecule has 0 atom stereocenters. The molecule has 0 radical (unpaired) electrons. The fourth-order valence-corrected chi connectivity index (χ4v) is 2.39. The first-order valence-corrected chi connectivity index (χ1v) is 7.76. The summed E-state index contributed by atoms with van der Waals surface area (Å²) in [5.74, 6) is 1.82. The van der Waals surface area contributed by atoms with Crippen molar-refractivity contribution in [3.63, 3.8) is 0 Å². The molecule has 0 aliphatic heterocycles. The molecule has 2 rings (SSSR count). The standard InChI is InChI=1S/C15H17BrClN3/c1-4-18-14-8-13(9(2)3)19-15(20-14)11-7-10(16)5-6-12(11)17/h5-9H,4H2,1-3H3,(H,18,19,20). The first kappa shape index (κ1) is 15.3. The predicted molar refractivity (Wildman–Crippen MR) is 88.4 cm³/mol. The number of halogens is 2. The molecular weight excluding hydrogens is 338 g/mol. The highest BCUT2D eigenvalue weighted by Crippen LogP contribution is 2.30. The molecule has 0 aliphatic rings. The molecule has 2 aromatic rings. The van der Waals surface area contributed by atoms with Crippen LogP contribution < -0.4 is 5.32 Å². The van der Waals surface area contributed by atoms with Crippen molar-refractivity contribution in [1.82, 2.24) is 9.97 Å². The van der Waals surface area contributed by atoms with Crippen LogP contribution in [0.5, 0.6) is 0 Å². The third-order valence-electron chi connectivity index (χ3n) is 2.86. The lowest BCUT2D eigenvalue weighted by atomic mass is 10.1. The Morgan fingerprint density at radius 1 is 1.25 bits per heavy atom. The highest BCUT2D eigenvalue weighted by Gasteiger charge is 2.12. The first-order chi connectivity index (χ1) is 9.51. The average Bonchev–Trinajstić information content (AvgIpc) is 2.41. The second-order valence-electron chi connectivity index (χ2n) is 4.81. The number of hydrogen-bond donors (Lipinski definition) is 1. The summed E-state index contributed by atoms with van der Waals surface area (Å²) in [4.78, 5) is 9.18. The minimum absolute atomic E-state index is 0.333. The molecule has 0 amide bonds. The molecule has 20 heavy (non-hydrogen) atoms. The highest BCUT2D eigenvalue weighted by atomic mass is 79.9. The maximum atomic E-state index is 6.27. The van der Waals surface area contributed by atoms with Gasteiger partial charge in [-0.3, -0.25) is 0 Å². The summed E-state index contributed by atoms with van der Waals surface area (Å²) in [6.07, 6.45) is 0. The van der Waals surface area contributed by atoms with Crippen molar-refractivity contribution in [2.75, 3.05) is 11.9 Å². The molecule has 5 heteroatoms. The number of hydrogen-bond acceptors (Lipinski definition) is 3. The third kappa shape index (κ3) is 3.49. The second kappa shape index (κ2) is 6.55. The van der Waals surface area contributed by atoms with Crippen LogP contribution in [0, 0.1) is 0 Å². The third-order valence-corrected chi connectivity index (χ3v) is 3.69. The van der Waals surface area contributed by atoms with Crippen molar-refractivity contribution in [2.45, 2.75) is 26.7 Å². The van der Waals surface area contributed by atoms with Crippen LogP contribution in [0.15, 0.2) is 28.7 Å². The number of nitrogens with zero attached hydrogens (tertiary/aromatic N) is 2. The molecule has 0 aliphatic carbocycles. The molecular formula is C15H17BrClN3. The van der Waals surface area contributed by atoms with Gasteiger partial charge in [0.2, 0.25) is 0 Å². The minimum atomic E-state index is 0.333. The zero-order valence-electron chi connectivity index (χ0n) is 11.7. The van der Waals surface area contributed by atoms with Crippen LogP contribution in [0.3, 0.4) is 0 Å². The van der Waals surface area contributed by atoms with E-state index in [0.717, 1.165) is 28.1 Å². The number of anilines is 1. The van der Waals surface area contributed by atoms with Crippen molar-refractivity contribution >= 4 is 33.3 Å². The Hall–Kier alpha value is -1.13. The Morgan fingerprint density at radius 2 is 2.00 bits per heavy atom. The lowest BCUT2D eigenvalue weighted by Crippen LogP contribution is -2.05. The van der Waals surface area contributed by atoms with E-state index in [9.17, 15) is 0 Å². The molecule has 0 unspecified atom stereocenters. The van der Waals surface area contributed by atoms with Gasteiger partial charge in [-0.2, -0.15) is 0 Å². The normalized spacial score (nSPS) is 10.9. The Morgan fingerprint density at radius 3 is 2.65 bits per heavy atom. The van der Waals surface area contributed by atoms with E-state index in [1.807, 2.05) is 31.2 Å². The largest absolute Gasteiger partial charge is 0.370 e. The summed E-state index contributed by atoms with van der Waals surface area (Å²) < 4.78 is 0.959. The minimum Gasteiger partial charge on any atom is -0.370 e. The molecule has 0 saturated heterocycles. The number of rotatable bonds is 4. The molecule has 1 aromatic heterocycles. The van der Waals surface area contributed by atoms with E-state index >= 15 is 0 Å². The number of benzene rings is 1. The zero-order valence-corrected chi connectivity index (χ0v) is 14.1. The summed E-state index contributed by atoms with van der Waals surface area (Å²) in [6, 6.07) is 7.68. The fraction of sp³-hybridized carbons (Fsp3) is 0.333. The average molecular weight is 355 g/mol. The van der Waals surface area contributed by atoms with Crippen molar-refractivity contribution in [1.29, 1.82) is 0 Å². The molecule has 0 saturated carbocycles. The summed E-state index contributed by atoms with van der Waals surface area (Å²) in [5.41, 5.74) is 1.84. The van der Waals surface area contributed by atoms with Crippen molar-refractivity contribution in [3.05, 3.63) is 39.5 Å². The zero-order chi connectivity index (χ0) is 14.7. The number of nitrogens with one attached hydrogen (secondary N) is 1. The molecule has 3 nitrogen and oxygen atoms in total. The van der Waals surface area contributed by atoms with Gasteiger partial charge in [-0.1, -0.05) is 41.4 Å². The van der Waals surface area contributed by atoms with Gasteiger partial charge < -0.3 is 5.32 Å². The van der Waals surface area contributed by atoms with Crippen LogP contribution in [0.2, 0.25) is 5.02 Å². The van der Waals surface area contributed by atoms with E-state index in [1.165, 1.54) is 0 Å². The quantitative estimate of drug-likeness (QED) is 0.828. The van der Waals surface area contributed by atoms with Gasteiger partial charge in [-0.05, 0) is 31.0 Å². The summed E-state index contributed by atoms with van der Waals surface area (Å²) >= 11 is 9.73. The fourth-order valence-electron chi connectivity index (χ4n) is 1.82. The Kier molecular flexibility index (Phi) is 5.00. The van der Waals surface area contributed by atoms with Crippen LogP contribution in [-0.2, 0) is 0 Å². The molecule has 1 aromatic carbocycles. The van der Waals surface area contributed by atoms with Gasteiger partial charge in [0.05, 0.1) is 5.02 Å². The molecule has 0 spiro atoms. The van der Waals surface area contributed by atoms with Crippen LogP contribution in [-0.4, -0.2) is 16.5 Å². The molecule has 1 heterocycles. The second-order valence-corrected chi connectivity index (χ2v) is 6.13. The summed E-state index contributed by atoms with van der Waals surface area (Å²) in [5, 5.41) is 3.89. The van der Waals surface area contributed by atoms with Crippen molar-refractivity contribution < 1.29 is 0 Å². The van der Waals surface area contributed by atoms with Gasteiger partial charge >= 0.3 is 0 Å². The first-order valence-electron chi connectivity index (χ1n) is 6.59. The Balaban J connectivity index is 2.57. The van der Waals surface area contributed by atoms with Gasteiger partial charge in [0, 0.05) is 28.3 Å². The van der Waals surface area contributed by atoms with E-state index in [0.29, 0.717) is 16.8 Å². The van der Waals surface area contributed by atoms with Crippen molar-refractivity contribution in [3.8, 4) is 11.4 Å². The topological polar surface area (TPSA) is 37.8 Å². The van der Waals surface area contributed by atoms with E-state index in [2.05, 4.69) is 45.1 Å². The lowest BCUT2D eigenvalue weighted by molar-refractivity contribution is 0.817. The Labute approximate surface area is 132 Å². The van der Waals surface area contributed by atoms with Crippen LogP contribution in [0.4, 0.5) is 5.82 Å². The SMILES string of the molecule is CCNc1cc(C(C)C)nc(-c2cc(Br)ccc2Cl)n1. The van der Waals surface area contributed by atoms with E-state index in [1.54, 1.807) is 0 Å². The smallest absolute Gasteiger partial charge is 0.163 e. The monoisotopic (exact) mass is 353 g/mol. The van der Waals surface area contributed by atoms with Crippen LogP contribution in [0.1, 0.15) is 32.4 Å². The van der Waals surface area contributed by atoms with Gasteiger partial charge in [0.15, 0.2) is 5.82 Å². The molecule has 0 bridgehead atoms. The summed E-state index contributed by atoms with van der Waals surface area (Å²) in [6.45, 7) is 7.10. The molecule has 0 fully saturated rings. The van der Waals surface area contributed by atoms with Gasteiger partial charge in [-0.15, -0.1) is 0 Å². The van der Waals surface area contributed by atoms with Crippen LogP contribution >= 0.6 is 27.5 Å². The van der Waals surface area contributed by atoms with E-state index in [-0.39, 0.29) is 0 Å². The number of aromatic nitrogens is 2. The molecule has 106 valence electrons. The predicted octanol–water partition coefficient (Wildman–Crippen LogP) is 5.11. The van der Waals surface area contributed by atoms with Gasteiger partial charge in [0.25, 0.3) is 0 Å². The maximum absolute atomic E-state index is 6.27. The molecule has 1 N–H and O–H groups in total. The van der Waals surface area contributed by atoms with Gasteiger partial charge in [-0.25, -0.2) is 9.97 Å². The van der Waals surface area contributed by atoms with E-state index in [4.69, 9.17) is 11.6 Å². The maximum Gasteiger partial charge on any atom is 0.163 e.